The number of para-hydroxylation sites is 2. The zero-order chi connectivity index (χ0) is 22.2. The van der Waals surface area contributed by atoms with Crippen molar-refractivity contribution < 1.29 is 9.53 Å². The maximum Gasteiger partial charge on any atom is 0.192 e. The van der Waals surface area contributed by atoms with Gasteiger partial charge in [-0.25, -0.2) is 0 Å². The van der Waals surface area contributed by atoms with Gasteiger partial charge < -0.3 is 14.7 Å². The van der Waals surface area contributed by atoms with Gasteiger partial charge >= 0.3 is 0 Å². The standard InChI is InChI=1S/C25H23N5O2S/c31-23(19-12-26-21-9-3-1-7-17(19)21)15-33-25-29-28-24(30(25)14-16-6-5-11-32-16)20-13-27-22-10-4-2-8-18(20)22/h1-4,7-10,12-13,16,26-27H,5-6,11,14-15H2. The van der Waals surface area contributed by atoms with Crippen LogP contribution in [0.4, 0.5) is 0 Å². The van der Waals surface area contributed by atoms with Gasteiger partial charge in [0.05, 0.1) is 18.4 Å². The molecule has 4 heterocycles. The Morgan fingerprint density at radius 3 is 2.61 bits per heavy atom. The molecule has 1 fully saturated rings. The van der Waals surface area contributed by atoms with Gasteiger partial charge in [-0.15, -0.1) is 10.2 Å². The van der Waals surface area contributed by atoms with E-state index < -0.39 is 0 Å². The molecular weight excluding hydrogens is 434 g/mol. The van der Waals surface area contributed by atoms with Crippen LogP contribution in [0.15, 0.2) is 66.1 Å². The number of carbonyl (C=O) groups is 1. The molecule has 8 heteroatoms. The van der Waals surface area contributed by atoms with Crippen molar-refractivity contribution in [3.63, 3.8) is 0 Å². The molecular formula is C25H23N5O2S. The predicted octanol–water partition coefficient (Wildman–Crippen LogP) is 5.06. The van der Waals surface area contributed by atoms with E-state index in [-0.39, 0.29) is 11.9 Å². The van der Waals surface area contributed by atoms with Crippen molar-refractivity contribution in [1.29, 1.82) is 0 Å². The van der Waals surface area contributed by atoms with Crippen molar-refractivity contribution in [2.45, 2.75) is 30.6 Å². The van der Waals surface area contributed by atoms with Crippen molar-refractivity contribution in [3.05, 3.63) is 66.5 Å². The number of ether oxygens (including phenoxy) is 1. The molecule has 7 nitrogen and oxygen atoms in total. The molecule has 0 amide bonds. The minimum absolute atomic E-state index is 0.0674. The number of aromatic nitrogens is 5. The topological polar surface area (TPSA) is 88.6 Å². The first-order chi connectivity index (χ1) is 16.3. The number of Topliss-reactive ketones (excluding diaryl/α,β-unsaturated/α-hetero) is 1. The second-order valence-corrected chi connectivity index (χ2v) is 9.20. The number of carbonyl (C=O) groups excluding carboxylic acids is 1. The lowest BCUT2D eigenvalue weighted by Gasteiger charge is -2.14. The number of aromatic amines is 2. The maximum atomic E-state index is 13.0. The number of benzene rings is 2. The molecule has 0 bridgehead atoms. The van der Waals surface area contributed by atoms with E-state index in [1.807, 2.05) is 42.6 Å². The average molecular weight is 458 g/mol. The van der Waals surface area contributed by atoms with E-state index in [1.54, 1.807) is 6.20 Å². The van der Waals surface area contributed by atoms with Gasteiger partial charge in [-0.3, -0.25) is 9.36 Å². The Bertz CT molecular complexity index is 1440. The molecule has 0 radical (unpaired) electrons. The first kappa shape index (κ1) is 20.3. The van der Waals surface area contributed by atoms with Crippen LogP contribution in [-0.4, -0.2) is 49.0 Å². The van der Waals surface area contributed by atoms with Gasteiger partial charge in [0.15, 0.2) is 16.8 Å². The highest BCUT2D eigenvalue weighted by atomic mass is 32.2. The number of nitrogens with one attached hydrogen (secondary N) is 2. The maximum absolute atomic E-state index is 13.0. The number of rotatable bonds is 7. The second-order valence-electron chi connectivity index (χ2n) is 8.26. The summed E-state index contributed by atoms with van der Waals surface area (Å²) in [6.07, 6.45) is 5.99. The smallest absolute Gasteiger partial charge is 0.192 e. The van der Waals surface area contributed by atoms with Crippen LogP contribution in [0.5, 0.6) is 0 Å². The molecule has 1 aliphatic heterocycles. The van der Waals surface area contributed by atoms with Crippen LogP contribution in [0.3, 0.4) is 0 Å². The van der Waals surface area contributed by atoms with Crippen molar-refractivity contribution in [2.24, 2.45) is 0 Å². The molecule has 166 valence electrons. The fraction of sp³-hybridized carbons (Fsp3) is 0.240. The number of hydrogen-bond donors (Lipinski definition) is 2. The first-order valence-electron chi connectivity index (χ1n) is 11.1. The largest absolute Gasteiger partial charge is 0.376 e. The fourth-order valence-electron chi connectivity index (χ4n) is 4.52. The Kier molecular flexibility index (Phi) is 5.24. The van der Waals surface area contributed by atoms with Gasteiger partial charge in [0.25, 0.3) is 0 Å². The van der Waals surface area contributed by atoms with Crippen LogP contribution in [0.25, 0.3) is 33.2 Å². The third-order valence-corrected chi connectivity index (χ3v) is 7.15. The Balaban J connectivity index is 1.31. The van der Waals surface area contributed by atoms with Gasteiger partial charge in [0, 0.05) is 51.9 Å². The monoisotopic (exact) mass is 457 g/mol. The summed E-state index contributed by atoms with van der Waals surface area (Å²) >= 11 is 1.43. The minimum atomic E-state index is 0.0674. The molecule has 1 unspecified atom stereocenters. The number of hydrogen-bond acceptors (Lipinski definition) is 5. The summed E-state index contributed by atoms with van der Waals surface area (Å²) in [5, 5.41) is 11.8. The molecule has 1 aliphatic rings. The van der Waals surface area contributed by atoms with E-state index in [2.05, 4.69) is 36.9 Å². The highest BCUT2D eigenvalue weighted by Gasteiger charge is 2.24. The van der Waals surface area contributed by atoms with Crippen molar-refractivity contribution >= 4 is 39.4 Å². The molecule has 0 spiro atoms. The minimum Gasteiger partial charge on any atom is -0.376 e. The number of H-pyrrole nitrogens is 2. The molecule has 2 N–H and O–H groups in total. The van der Waals surface area contributed by atoms with Crippen molar-refractivity contribution in [1.82, 2.24) is 24.7 Å². The Labute approximate surface area is 194 Å². The lowest BCUT2D eigenvalue weighted by atomic mass is 10.1. The molecule has 5 aromatic rings. The first-order valence-corrected chi connectivity index (χ1v) is 12.1. The van der Waals surface area contributed by atoms with E-state index >= 15 is 0 Å². The molecule has 0 saturated carbocycles. The SMILES string of the molecule is O=C(CSc1nnc(-c2c[nH]c3ccccc23)n1CC1CCCO1)c1c[nH]c2ccccc12. The third-order valence-electron chi connectivity index (χ3n) is 6.18. The normalized spacial score (nSPS) is 16.2. The van der Waals surface area contributed by atoms with Crippen LogP contribution in [-0.2, 0) is 11.3 Å². The molecule has 6 rings (SSSR count). The summed E-state index contributed by atoms with van der Waals surface area (Å²) in [4.78, 5) is 19.5. The molecule has 1 saturated heterocycles. The number of thioether (sulfide) groups is 1. The summed E-state index contributed by atoms with van der Waals surface area (Å²) in [6, 6.07) is 16.0. The van der Waals surface area contributed by atoms with Gasteiger partial charge in [0.2, 0.25) is 0 Å². The summed E-state index contributed by atoms with van der Waals surface area (Å²) in [5.74, 6) is 1.15. The van der Waals surface area contributed by atoms with Crippen LogP contribution in [0.1, 0.15) is 23.2 Å². The molecule has 33 heavy (non-hydrogen) atoms. The van der Waals surface area contributed by atoms with E-state index in [1.165, 1.54) is 11.8 Å². The van der Waals surface area contributed by atoms with Gasteiger partial charge in [-0.1, -0.05) is 48.2 Å². The third kappa shape index (κ3) is 3.75. The van der Waals surface area contributed by atoms with E-state index in [4.69, 9.17) is 4.74 Å². The second kappa shape index (κ2) is 8.53. The molecule has 0 aliphatic carbocycles. The predicted molar refractivity (Wildman–Crippen MR) is 130 cm³/mol. The number of fused-ring (bicyclic) bond motifs is 2. The lowest BCUT2D eigenvalue weighted by molar-refractivity contribution is 0.0953. The Morgan fingerprint density at radius 1 is 1.03 bits per heavy atom. The van der Waals surface area contributed by atoms with Crippen LogP contribution >= 0.6 is 11.8 Å². The van der Waals surface area contributed by atoms with Crippen LogP contribution < -0.4 is 0 Å². The van der Waals surface area contributed by atoms with Gasteiger partial charge in [0.1, 0.15) is 0 Å². The van der Waals surface area contributed by atoms with Crippen molar-refractivity contribution in [3.8, 4) is 11.4 Å². The fourth-order valence-corrected chi connectivity index (χ4v) is 5.35. The summed E-state index contributed by atoms with van der Waals surface area (Å²) < 4.78 is 8.02. The highest BCUT2D eigenvalue weighted by molar-refractivity contribution is 7.99. The average Bonchev–Trinajstić information content (AvgIpc) is 3.64. The number of ketones is 1. The Hall–Kier alpha value is -3.36. The van der Waals surface area contributed by atoms with Crippen molar-refractivity contribution in [2.75, 3.05) is 12.4 Å². The zero-order valence-corrected chi connectivity index (χ0v) is 18.8. The van der Waals surface area contributed by atoms with Crippen LogP contribution in [0, 0.1) is 0 Å². The van der Waals surface area contributed by atoms with E-state index in [9.17, 15) is 4.79 Å². The van der Waals surface area contributed by atoms with Gasteiger partial charge in [-0.05, 0) is 25.0 Å². The summed E-state index contributed by atoms with van der Waals surface area (Å²) in [6.45, 7) is 1.46. The highest BCUT2D eigenvalue weighted by Crippen LogP contribution is 2.31. The van der Waals surface area contributed by atoms with Gasteiger partial charge in [-0.2, -0.15) is 0 Å². The number of nitrogens with zero attached hydrogens (tertiary/aromatic N) is 3. The molecule has 1 atom stereocenters. The van der Waals surface area contributed by atoms with E-state index in [0.29, 0.717) is 17.9 Å². The zero-order valence-electron chi connectivity index (χ0n) is 18.0. The van der Waals surface area contributed by atoms with Crippen LogP contribution in [0.2, 0.25) is 0 Å². The summed E-state index contributed by atoms with van der Waals surface area (Å²) in [5.41, 5.74) is 3.74. The summed E-state index contributed by atoms with van der Waals surface area (Å²) in [7, 11) is 0. The Morgan fingerprint density at radius 2 is 1.79 bits per heavy atom. The molecule has 3 aromatic heterocycles. The lowest BCUT2D eigenvalue weighted by Crippen LogP contribution is -2.17. The quantitative estimate of drug-likeness (QED) is 0.263. The molecule has 2 aromatic carbocycles. The van der Waals surface area contributed by atoms with E-state index in [0.717, 1.165) is 57.8 Å².